The van der Waals surface area contributed by atoms with Crippen molar-refractivity contribution < 1.29 is 5.11 Å². The number of aliphatic hydroxyl groups excluding tert-OH is 1. The molecule has 0 unspecified atom stereocenters. The summed E-state index contributed by atoms with van der Waals surface area (Å²) in [5.74, 6) is 0. The molecule has 0 bridgehead atoms. The van der Waals surface area contributed by atoms with Crippen molar-refractivity contribution in [3.63, 3.8) is 0 Å². The highest BCUT2D eigenvalue weighted by Gasteiger charge is 2.20. The molecule has 0 saturated carbocycles. The van der Waals surface area contributed by atoms with E-state index >= 15 is 0 Å². The molecule has 0 radical (unpaired) electrons. The van der Waals surface area contributed by atoms with Crippen molar-refractivity contribution in [2.45, 2.75) is 6.10 Å². The Morgan fingerprint density at radius 2 is 0.676 bits per heavy atom. The van der Waals surface area contributed by atoms with Crippen LogP contribution in [-0.4, -0.2) is 5.11 Å². The van der Waals surface area contributed by atoms with Gasteiger partial charge < -0.3 is 5.11 Å². The van der Waals surface area contributed by atoms with Gasteiger partial charge in [-0.25, -0.2) is 0 Å². The van der Waals surface area contributed by atoms with E-state index in [1.165, 1.54) is 53.9 Å². The molecule has 1 heteroatoms. The fraction of sp³-hybridized carbons (Fsp3) is 0.0303. The number of rotatable bonds is 2. The van der Waals surface area contributed by atoms with Gasteiger partial charge in [-0.15, -0.1) is 0 Å². The molecule has 0 aromatic heterocycles. The summed E-state index contributed by atoms with van der Waals surface area (Å²) < 4.78 is 0. The molecule has 0 aliphatic carbocycles. The van der Waals surface area contributed by atoms with Crippen LogP contribution in [-0.2, 0) is 0 Å². The smallest absolute Gasteiger partial charge is 0.105 e. The summed E-state index contributed by atoms with van der Waals surface area (Å²) in [6.45, 7) is 0. The molecule has 0 spiro atoms. The Hall–Kier alpha value is -4.20. The Labute approximate surface area is 196 Å². The maximum atomic E-state index is 11.9. The molecule has 1 nitrogen and oxygen atoms in total. The first-order chi connectivity index (χ1) is 16.8. The van der Waals surface area contributed by atoms with Crippen molar-refractivity contribution in [3.05, 3.63) is 120 Å². The van der Waals surface area contributed by atoms with Crippen molar-refractivity contribution in [1.29, 1.82) is 0 Å². The minimum atomic E-state index is -0.714. The van der Waals surface area contributed by atoms with E-state index in [0.29, 0.717) is 0 Å². The Kier molecular flexibility index (Phi) is 3.46. The minimum absolute atomic E-state index is 0.714. The molecular formula is C33H20O. The van der Waals surface area contributed by atoms with Crippen LogP contribution in [0.1, 0.15) is 17.2 Å². The average Bonchev–Trinajstić information content (AvgIpc) is 2.90. The van der Waals surface area contributed by atoms with E-state index in [0.717, 1.165) is 21.9 Å². The lowest BCUT2D eigenvalue weighted by molar-refractivity contribution is 0.223. The molecule has 34 heavy (non-hydrogen) atoms. The lowest BCUT2D eigenvalue weighted by Crippen LogP contribution is -2.02. The van der Waals surface area contributed by atoms with Crippen LogP contribution >= 0.6 is 0 Å². The summed E-state index contributed by atoms with van der Waals surface area (Å²) in [6.07, 6.45) is -0.714. The standard InChI is InChI=1S/C33H20O/c34-33(27-17-13-23-9-7-19-3-1-5-21-11-15-25(27)31(23)29(19)21)28-18-14-24-10-8-20-4-2-6-22-12-16-26(28)32(24)30(20)22/h1-18,33-34H. The second kappa shape index (κ2) is 6.44. The molecule has 1 N–H and O–H groups in total. The number of benzene rings is 8. The number of hydrogen-bond acceptors (Lipinski definition) is 1. The van der Waals surface area contributed by atoms with E-state index in [1.807, 2.05) is 0 Å². The molecule has 0 aliphatic heterocycles. The zero-order valence-corrected chi connectivity index (χ0v) is 18.4. The average molecular weight is 433 g/mol. The quantitative estimate of drug-likeness (QED) is 0.271. The molecule has 8 aromatic rings. The normalized spacial score (nSPS) is 12.5. The molecule has 8 rings (SSSR count). The van der Waals surface area contributed by atoms with Gasteiger partial charge in [0.15, 0.2) is 0 Å². The van der Waals surface area contributed by atoms with Gasteiger partial charge >= 0.3 is 0 Å². The van der Waals surface area contributed by atoms with Gasteiger partial charge in [-0.1, -0.05) is 109 Å². The highest BCUT2D eigenvalue weighted by molar-refractivity contribution is 6.25. The van der Waals surface area contributed by atoms with E-state index in [4.69, 9.17) is 0 Å². The predicted molar refractivity (Wildman–Crippen MR) is 144 cm³/mol. The molecule has 0 saturated heterocycles. The summed E-state index contributed by atoms with van der Waals surface area (Å²) in [4.78, 5) is 0. The lowest BCUT2D eigenvalue weighted by Gasteiger charge is -2.20. The van der Waals surface area contributed by atoms with Crippen molar-refractivity contribution >= 4 is 64.6 Å². The molecule has 0 amide bonds. The molecule has 0 atom stereocenters. The Balaban J connectivity index is 1.44. The first kappa shape index (κ1) is 18.3. The van der Waals surface area contributed by atoms with Crippen LogP contribution in [0.4, 0.5) is 0 Å². The highest BCUT2D eigenvalue weighted by Crippen LogP contribution is 2.42. The zero-order valence-electron chi connectivity index (χ0n) is 18.4. The lowest BCUT2D eigenvalue weighted by atomic mass is 9.86. The van der Waals surface area contributed by atoms with E-state index in [9.17, 15) is 5.11 Å². The van der Waals surface area contributed by atoms with Crippen LogP contribution < -0.4 is 0 Å². The fourth-order valence-corrected chi connectivity index (χ4v) is 6.16. The minimum Gasteiger partial charge on any atom is -0.384 e. The van der Waals surface area contributed by atoms with Crippen molar-refractivity contribution in [2.75, 3.05) is 0 Å². The third-order valence-corrected chi connectivity index (χ3v) is 7.71. The van der Waals surface area contributed by atoms with Crippen LogP contribution in [0.15, 0.2) is 109 Å². The van der Waals surface area contributed by atoms with Crippen molar-refractivity contribution in [1.82, 2.24) is 0 Å². The summed E-state index contributed by atoms with van der Waals surface area (Å²) in [6, 6.07) is 38.9. The van der Waals surface area contributed by atoms with E-state index in [-0.39, 0.29) is 0 Å². The first-order valence-electron chi connectivity index (χ1n) is 11.8. The topological polar surface area (TPSA) is 20.2 Å². The molecule has 0 heterocycles. The zero-order chi connectivity index (χ0) is 22.4. The van der Waals surface area contributed by atoms with Crippen molar-refractivity contribution in [3.8, 4) is 0 Å². The van der Waals surface area contributed by atoms with Gasteiger partial charge in [-0.2, -0.15) is 0 Å². The largest absolute Gasteiger partial charge is 0.384 e. The Bertz CT molecular complexity index is 1850. The summed E-state index contributed by atoms with van der Waals surface area (Å²) >= 11 is 0. The van der Waals surface area contributed by atoms with Gasteiger partial charge in [0.05, 0.1) is 0 Å². The van der Waals surface area contributed by atoms with Gasteiger partial charge in [0.25, 0.3) is 0 Å². The highest BCUT2D eigenvalue weighted by atomic mass is 16.3. The van der Waals surface area contributed by atoms with Crippen LogP contribution in [0, 0.1) is 0 Å². The van der Waals surface area contributed by atoms with E-state index in [2.05, 4.69) is 109 Å². The fourth-order valence-electron chi connectivity index (χ4n) is 6.16. The van der Waals surface area contributed by atoms with Gasteiger partial charge in [0.1, 0.15) is 6.10 Å². The maximum absolute atomic E-state index is 11.9. The SMILES string of the molecule is OC(c1ccc2ccc3cccc4ccc1c2c34)c1ccc2ccc3cccc4ccc1c2c34. The van der Waals surface area contributed by atoms with Crippen molar-refractivity contribution in [2.24, 2.45) is 0 Å². The van der Waals surface area contributed by atoms with Crippen LogP contribution in [0.2, 0.25) is 0 Å². The predicted octanol–water partition coefficient (Wildman–Crippen LogP) is 8.56. The van der Waals surface area contributed by atoms with Gasteiger partial charge in [-0.3, -0.25) is 0 Å². The van der Waals surface area contributed by atoms with Crippen LogP contribution in [0.3, 0.4) is 0 Å². The van der Waals surface area contributed by atoms with Gasteiger partial charge in [0.2, 0.25) is 0 Å². The second-order valence-electron chi connectivity index (χ2n) is 9.42. The molecule has 0 fully saturated rings. The van der Waals surface area contributed by atoms with E-state index < -0.39 is 6.10 Å². The number of aliphatic hydroxyl groups is 1. The number of hydrogen-bond donors (Lipinski definition) is 1. The first-order valence-corrected chi connectivity index (χ1v) is 11.8. The van der Waals surface area contributed by atoms with Crippen LogP contribution in [0.25, 0.3) is 64.6 Å². The summed E-state index contributed by atoms with van der Waals surface area (Å²) in [5, 5.41) is 26.5. The summed E-state index contributed by atoms with van der Waals surface area (Å²) in [7, 11) is 0. The maximum Gasteiger partial charge on any atom is 0.105 e. The molecular weight excluding hydrogens is 412 g/mol. The van der Waals surface area contributed by atoms with Gasteiger partial charge in [0, 0.05) is 0 Å². The molecule has 0 aliphatic rings. The monoisotopic (exact) mass is 432 g/mol. The second-order valence-corrected chi connectivity index (χ2v) is 9.42. The third kappa shape index (κ3) is 2.27. The van der Waals surface area contributed by atoms with E-state index in [1.54, 1.807) is 0 Å². The Morgan fingerprint density at radius 3 is 1.09 bits per heavy atom. The van der Waals surface area contributed by atoms with Gasteiger partial charge in [-0.05, 0) is 75.8 Å². The Morgan fingerprint density at radius 1 is 0.353 bits per heavy atom. The molecule has 158 valence electrons. The third-order valence-electron chi connectivity index (χ3n) is 7.71. The molecule has 8 aromatic carbocycles. The van der Waals surface area contributed by atoms with Crippen LogP contribution in [0.5, 0.6) is 0 Å². The summed E-state index contributed by atoms with van der Waals surface area (Å²) in [5.41, 5.74) is 1.92.